The zero-order chi connectivity index (χ0) is 13.7. The summed E-state index contributed by atoms with van der Waals surface area (Å²) in [7, 11) is 0. The molecule has 4 heteroatoms. The summed E-state index contributed by atoms with van der Waals surface area (Å²) in [5, 5.41) is 0. The van der Waals surface area contributed by atoms with Gasteiger partial charge in [-0.2, -0.15) is 0 Å². The smallest absolute Gasteiger partial charge is 0.137 e. The van der Waals surface area contributed by atoms with Crippen molar-refractivity contribution in [3.8, 4) is 0 Å². The number of hydrogen-bond acceptors (Lipinski definition) is 3. The minimum absolute atomic E-state index is 0.0293. The first-order valence-electron chi connectivity index (χ1n) is 6.73. The average Bonchev–Trinajstić information content (AvgIpc) is 2.27. The van der Waals surface area contributed by atoms with E-state index in [-0.39, 0.29) is 6.10 Å². The van der Waals surface area contributed by atoms with E-state index < -0.39 is 0 Å². The molecule has 0 radical (unpaired) electrons. The number of ether oxygens (including phenoxy) is 1. The van der Waals surface area contributed by atoms with E-state index in [0.29, 0.717) is 17.2 Å². The summed E-state index contributed by atoms with van der Waals surface area (Å²) in [4.78, 5) is 7.89. The Morgan fingerprint density at radius 2 is 2.00 bits per heavy atom. The fourth-order valence-electron chi connectivity index (χ4n) is 2.21. The predicted molar refractivity (Wildman–Crippen MR) is 77.5 cm³/mol. The molecule has 0 bridgehead atoms. The molecule has 1 unspecified atom stereocenters. The van der Waals surface area contributed by atoms with Crippen LogP contribution in [-0.4, -0.2) is 16.6 Å². The Balaban J connectivity index is 3.14. The summed E-state index contributed by atoms with van der Waals surface area (Å²) in [6.07, 6.45) is 2.06. The highest BCUT2D eigenvalue weighted by Gasteiger charge is 2.16. The van der Waals surface area contributed by atoms with Crippen LogP contribution >= 0.6 is 12.2 Å². The van der Waals surface area contributed by atoms with Crippen LogP contribution in [0.4, 0.5) is 0 Å². The third-order valence-electron chi connectivity index (χ3n) is 2.97. The first-order chi connectivity index (χ1) is 8.51. The quantitative estimate of drug-likeness (QED) is 0.775. The lowest BCUT2D eigenvalue weighted by Gasteiger charge is -2.18. The van der Waals surface area contributed by atoms with E-state index in [1.54, 1.807) is 0 Å². The van der Waals surface area contributed by atoms with Crippen molar-refractivity contribution in [2.45, 2.75) is 59.5 Å². The Kier molecular flexibility index (Phi) is 5.96. The largest absolute Gasteiger partial charge is 0.371 e. The van der Waals surface area contributed by atoms with Crippen molar-refractivity contribution in [1.82, 2.24) is 9.97 Å². The molecule has 0 aliphatic heterocycles. The molecule has 1 aromatic heterocycles. The van der Waals surface area contributed by atoms with Crippen molar-refractivity contribution in [2.75, 3.05) is 6.61 Å². The fraction of sp³-hybridized carbons (Fsp3) is 0.714. The second-order valence-electron chi connectivity index (χ2n) is 4.85. The predicted octanol–water partition coefficient (Wildman–Crippen LogP) is 4.45. The molecule has 1 aromatic rings. The van der Waals surface area contributed by atoms with Crippen molar-refractivity contribution in [1.29, 1.82) is 0 Å². The van der Waals surface area contributed by atoms with Gasteiger partial charge in [0.1, 0.15) is 16.6 Å². The minimum atomic E-state index is 0.0293. The fourth-order valence-corrected chi connectivity index (χ4v) is 2.70. The van der Waals surface area contributed by atoms with Crippen molar-refractivity contribution in [3.63, 3.8) is 0 Å². The molecule has 0 amide bonds. The number of H-pyrrole nitrogens is 1. The molecule has 1 rings (SSSR count). The molecule has 18 heavy (non-hydrogen) atoms. The Hall–Kier alpha value is -0.740. The monoisotopic (exact) mass is 268 g/mol. The van der Waals surface area contributed by atoms with Crippen LogP contribution in [0.5, 0.6) is 0 Å². The van der Waals surface area contributed by atoms with Gasteiger partial charge in [0, 0.05) is 17.9 Å². The summed E-state index contributed by atoms with van der Waals surface area (Å²) < 4.78 is 6.44. The van der Waals surface area contributed by atoms with Crippen LogP contribution in [0, 0.1) is 11.6 Å². The van der Waals surface area contributed by atoms with Gasteiger partial charge in [-0.15, -0.1) is 0 Å². The lowest BCUT2D eigenvalue weighted by atomic mass is 10.0. The summed E-state index contributed by atoms with van der Waals surface area (Å²) in [6.45, 7) is 11.2. The lowest BCUT2D eigenvalue weighted by molar-refractivity contribution is 0.0491. The van der Waals surface area contributed by atoms with E-state index in [9.17, 15) is 0 Å². The third-order valence-corrected chi connectivity index (χ3v) is 3.28. The maximum atomic E-state index is 5.74. The Morgan fingerprint density at radius 3 is 2.44 bits per heavy atom. The molecule has 0 aliphatic carbocycles. The molecule has 0 aliphatic rings. The first kappa shape index (κ1) is 15.3. The number of aromatic amines is 1. The van der Waals surface area contributed by atoms with E-state index in [1.807, 2.05) is 6.92 Å². The minimum Gasteiger partial charge on any atom is -0.371 e. The van der Waals surface area contributed by atoms with Crippen LogP contribution in [0.25, 0.3) is 0 Å². The lowest BCUT2D eigenvalue weighted by Crippen LogP contribution is -2.12. The second-order valence-corrected chi connectivity index (χ2v) is 5.24. The molecule has 1 heterocycles. The standard InChI is InChI=1S/C14H24N2OS/c1-6-8-11(17-7-2)13-15-10(5)12(9(3)4)14(18)16-13/h9,11H,6-8H2,1-5H3,(H,15,16,18). The molecule has 3 nitrogen and oxygen atoms in total. The van der Waals surface area contributed by atoms with Crippen molar-refractivity contribution < 1.29 is 4.74 Å². The molecule has 1 N–H and O–H groups in total. The Bertz CT molecular complexity index is 434. The molecule has 0 saturated heterocycles. The van der Waals surface area contributed by atoms with Gasteiger partial charge in [0.25, 0.3) is 0 Å². The van der Waals surface area contributed by atoms with Gasteiger partial charge in [0.2, 0.25) is 0 Å². The number of hydrogen-bond donors (Lipinski definition) is 1. The molecule has 1 atom stereocenters. The number of aromatic nitrogens is 2. The zero-order valence-corrected chi connectivity index (χ0v) is 12.9. The summed E-state index contributed by atoms with van der Waals surface area (Å²) in [5.41, 5.74) is 2.25. The Morgan fingerprint density at radius 1 is 1.33 bits per heavy atom. The van der Waals surface area contributed by atoms with Gasteiger partial charge in [0.15, 0.2) is 0 Å². The van der Waals surface area contributed by atoms with Gasteiger partial charge >= 0.3 is 0 Å². The molecule has 0 saturated carbocycles. The van der Waals surface area contributed by atoms with Crippen LogP contribution < -0.4 is 0 Å². The van der Waals surface area contributed by atoms with E-state index in [4.69, 9.17) is 17.0 Å². The molecule has 102 valence electrons. The maximum absolute atomic E-state index is 5.74. The average molecular weight is 268 g/mol. The Labute approximate surface area is 115 Å². The van der Waals surface area contributed by atoms with E-state index in [2.05, 4.69) is 37.7 Å². The normalized spacial score (nSPS) is 13.0. The van der Waals surface area contributed by atoms with Gasteiger partial charge in [-0.25, -0.2) is 4.98 Å². The number of nitrogens with zero attached hydrogens (tertiary/aromatic N) is 1. The number of rotatable bonds is 6. The van der Waals surface area contributed by atoms with Gasteiger partial charge in [0.05, 0.1) is 0 Å². The van der Waals surface area contributed by atoms with Crippen LogP contribution in [0.15, 0.2) is 0 Å². The SMILES string of the molecule is CCCC(OCC)c1nc(=S)c(C(C)C)c(C)[nH]1. The van der Waals surface area contributed by atoms with Gasteiger partial charge in [-0.05, 0) is 26.2 Å². The molecule has 0 aromatic carbocycles. The summed E-state index contributed by atoms with van der Waals surface area (Å²) >= 11 is 5.40. The van der Waals surface area contributed by atoms with Gasteiger partial charge in [-0.3, -0.25) is 0 Å². The van der Waals surface area contributed by atoms with Crippen LogP contribution in [0.1, 0.15) is 69.6 Å². The maximum Gasteiger partial charge on any atom is 0.137 e. The highest BCUT2D eigenvalue weighted by molar-refractivity contribution is 7.71. The van der Waals surface area contributed by atoms with E-state index in [0.717, 1.165) is 29.9 Å². The van der Waals surface area contributed by atoms with Gasteiger partial charge < -0.3 is 9.72 Å². The molecule has 0 fully saturated rings. The highest BCUT2D eigenvalue weighted by atomic mass is 32.1. The van der Waals surface area contributed by atoms with Crippen molar-refractivity contribution >= 4 is 12.2 Å². The second kappa shape index (κ2) is 7.00. The van der Waals surface area contributed by atoms with Crippen LogP contribution in [0.2, 0.25) is 0 Å². The first-order valence-corrected chi connectivity index (χ1v) is 7.14. The van der Waals surface area contributed by atoms with E-state index >= 15 is 0 Å². The topological polar surface area (TPSA) is 37.9 Å². The van der Waals surface area contributed by atoms with Gasteiger partial charge in [-0.1, -0.05) is 39.4 Å². The molecular formula is C14H24N2OS. The van der Waals surface area contributed by atoms with Crippen molar-refractivity contribution in [2.24, 2.45) is 0 Å². The van der Waals surface area contributed by atoms with E-state index in [1.165, 1.54) is 0 Å². The number of aryl methyl sites for hydroxylation is 1. The van der Waals surface area contributed by atoms with Crippen LogP contribution in [0.3, 0.4) is 0 Å². The highest BCUT2D eigenvalue weighted by Crippen LogP contribution is 2.23. The van der Waals surface area contributed by atoms with Crippen molar-refractivity contribution in [3.05, 3.63) is 21.7 Å². The third kappa shape index (κ3) is 3.62. The summed E-state index contributed by atoms with van der Waals surface area (Å²) in [6, 6.07) is 0. The zero-order valence-electron chi connectivity index (χ0n) is 12.0. The molecular weight excluding hydrogens is 244 g/mol. The summed E-state index contributed by atoms with van der Waals surface area (Å²) in [5.74, 6) is 1.26. The van der Waals surface area contributed by atoms with Crippen LogP contribution in [-0.2, 0) is 4.74 Å². The molecule has 0 spiro atoms. The number of nitrogens with one attached hydrogen (secondary N) is 1.